The van der Waals surface area contributed by atoms with E-state index in [2.05, 4.69) is 5.10 Å². The molecule has 1 aromatic heterocycles. The number of benzene rings is 3. The first-order valence-corrected chi connectivity index (χ1v) is 11.4. The third kappa shape index (κ3) is 5.00. The summed E-state index contributed by atoms with van der Waals surface area (Å²) in [7, 11) is 1.29. The summed E-state index contributed by atoms with van der Waals surface area (Å²) in [4.78, 5) is 26.8. The maximum Gasteiger partial charge on any atom is 0.352 e. The van der Waals surface area contributed by atoms with Gasteiger partial charge in [0.1, 0.15) is 5.69 Å². The summed E-state index contributed by atoms with van der Waals surface area (Å²) in [6.45, 7) is -0.0576. The topological polar surface area (TPSA) is 92.1 Å². The molecule has 0 bridgehead atoms. The molecule has 1 heterocycles. The molecule has 3 aromatic carbocycles. The smallest absolute Gasteiger partial charge is 0.352 e. The largest absolute Gasteiger partial charge is 0.494 e. The van der Waals surface area contributed by atoms with Gasteiger partial charge in [-0.15, -0.1) is 0 Å². The van der Waals surface area contributed by atoms with Crippen LogP contribution in [0.1, 0.15) is 22.9 Å². The van der Waals surface area contributed by atoms with Crippen LogP contribution >= 0.6 is 23.2 Å². The van der Waals surface area contributed by atoms with E-state index in [1.807, 2.05) is 30.3 Å². The molecule has 10 heteroatoms. The number of hydrogen-bond acceptors (Lipinski definition) is 5. The molecular weight excluding hydrogens is 494 g/mol. The summed E-state index contributed by atoms with van der Waals surface area (Å²) in [5.74, 6) is -0.977. The fourth-order valence-corrected chi connectivity index (χ4v) is 4.23. The van der Waals surface area contributed by atoms with E-state index in [1.54, 1.807) is 18.2 Å². The highest BCUT2D eigenvalue weighted by molar-refractivity contribution is 6.36. The van der Waals surface area contributed by atoms with Crippen LogP contribution in [0.2, 0.25) is 10.0 Å². The zero-order valence-corrected chi connectivity index (χ0v) is 20.1. The predicted octanol–water partition coefficient (Wildman–Crippen LogP) is 4.14. The van der Waals surface area contributed by atoms with Crippen molar-refractivity contribution in [2.45, 2.75) is 19.0 Å². The minimum Gasteiger partial charge on any atom is -0.494 e. The van der Waals surface area contributed by atoms with Gasteiger partial charge >= 0.3 is 5.69 Å². The molecule has 0 amide bonds. The Morgan fingerprint density at radius 1 is 1.00 bits per heavy atom. The molecule has 0 saturated carbocycles. The summed E-state index contributed by atoms with van der Waals surface area (Å²) < 4.78 is 22.0. The van der Waals surface area contributed by atoms with Crippen molar-refractivity contribution in [3.8, 4) is 11.4 Å². The predicted molar refractivity (Wildman–Crippen MR) is 133 cm³/mol. The number of nitrogens with two attached hydrogens (primary N) is 1. The molecule has 0 radical (unpaired) electrons. The van der Waals surface area contributed by atoms with Gasteiger partial charge in [0.2, 0.25) is 0 Å². The molecule has 0 aliphatic heterocycles. The monoisotopic (exact) mass is 514 g/mol. The Bertz CT molecular complexity index is 1470. The van der Waals surface area contributed by atoms with Crippen molar-refractivity contribution in [3.05, 3.63) is 120 Å². The third-order valence-electron chi connectivity index (χ3n) is 5.51. The number of halogens is 3. The Hall–Kier alpha value is -3.46. The van der Waals surface area contributed by atoms with Gasteiger partial charge in [0, 0.05) is 22.5 Å². The van der Waals surface area contributed by atoms with Crippen LogP contribution in [0.4, 0.5) is 4.39 Å². The molecule has 7 nitrogen and oxygen atoms in total. The number of rotatable bonds is 7. The van der Waals surface area contributed by atoms with Gasteiger partial charge in [-0.05, 0) is 35.4 Å². The van der Waals surface area contributed by atoms with Gasteiger partial charge in [-0.25, -0.2) is 18.4 Å². The molecule has 0 saturated heterocycles. The number of ether oxygens (including phenoxy) is 1. The fraction of sp³-hybridized carbons (Fsp3) is 0.160. The van der Waals surface area contributed by atoms with Crippen molar-refractivity contribution in [1.29, 1.82) is 0 Å². The van der Waals surface area contributed by atoms with Crippen LogP contribution in [0.3, 0.4) is 0 Å². The first kappa shape index (κ1) is 24.7. The third-order valence-corrected chi connectivity index (χ3v) is 6.22. The first-order chi connectivity index (χ1) is 16.8. The van der Waals surface area contributed by atoms with Gasteiger partial charge in [0.05, 0.1) is 19.3 Å². The highest BCUT2D eigenvalue weighted by Gasteiger charge is 2.22. The van der Waals surface area contributed by atoms with Crippen LogP contribution < -0.4 is 21.7 Å². The molecule has 35 heavy (non-hydrogen) atoms. The van der Waals surface area contributed by atoms with Crippen LogP contribution in [0.25, 0.3) is 5.69 Å². The van der Waals surface area contributed by atoms with E-state index in [9.17, 15) is 9.59 Å². The second-order valence-electron chi connectivity index (χ2n) is 7.74. The van der Waals surface area contributed by atoms with Crippen LogP contribution in [-0.4, -0.2) is 21.5 Å². The normalized spacial score (nSPS) is 11.9. The van der Waals surface area contributed by atoms with E-state index in [0.717, 1.165) is 14.8 Å². The Balaban J connectivity index is 1.92. The highest BCUT2D eigenvalue weighted by atomic mass is 35.5. The second-order valence-corrected chi connectivity index (χ2v) is 8.55. The molecule has 180 valence electrons. The number of methoxy groups -OCH3 is 1. The van der Waals surface area contributed by atoms with E-state index in [-0.39, 0.29) is 30.1 Å². The van der Waals surface area contributed by atoms with E-state index in [4.69, 9.17) is 33.7 Å². The summed E-state index contributed by atoms with van der Waals surface area (Å²) in [6.07, 6.45) is -0.0796. The van der Waals surface area contributed by atoms with Crippen molar-refractivity contribution in [1.82, 2.24) is 14.3 Å². The minimum absolute atomic E-state index is 0.0536. The summed E-state index contributed by atoms with van der Waals surface area (Å²) in [5.41, 5.74) is 5.58. The van der Waals surface area contributed by atoms with Gasteiger partial charge in [-0.1, -0.05) is 65.7 Å². The number of aromatic nitrogens is 3. The Morgan fingerprint density at radius 2 is 1.66 bits per heavy atom. The molecule has 2 N–H and O–H groups in total. The SMILES string of the molecule is COc1cccc(-n2c(=O)c(Cc3c(Cl)cccc3Cl)nn(CC(N)c3ccccc3)c2=O)c1F. The zero-order valence-electron chi connectivity index (χ0n) is 18.6. The summed E-state index contributed by atoms with van der Waals surface area (Å²) in [6, 6.07) is 17.6. The zero-order chi connectivity index (χ0) is 25.1. The van der Waals surface area contributed by atoms with Crippen LogP contribution in [0.15, 0.2) is 76.3 Å². The van der Waals surface area contributed by atoms with E-state index >= 15 is 4.39 Å². The van der Waals surface area contributed by atoms with Crippen molar-refractivity contribution < 1.29 is 9.13 Å². The van der Waals surface area contributed by atoms with Crippen molar-refractivity contribution in [2.24, 2.45) is 5.73 Å². The average Bonchev–Trinajstić information content (AvgIpc) is 2.85. The Labute approximate surface area is 210 Å². The lowest BCUT2D eigenvalue weighted by atomic mass is 10.1. The second kappa shape index (κ2) is 10.4. The maximum atomic E-state index is 15.1. The fourth-order valence-electron chi connectivity index (χ4n) is 3.70. The molecule has 1 unspecified atom stereocenters. The quantitative estimate of drug-likeness (QED) is 0.400. The molecule has 0 aliphatic carbocycles. The molecule has 4 aromatic rings. The highest BCUT2D eigenvalue weighted by Crippen LogP contribution is 2.26. The molecule has 4 rings (SSSR count). The van der Waals surface area contributed by atoms with Crippen molar-refractivity contribution in [3.63, 3.8) is 0 Å². The molecule has 0 spiro atoms. The average molecular weight is 515 g/mol. The lowest BCUT2D eigenvalue weighted by molar-refractivity contribution is 0.384. The van der Waals surface area contributed by atoms with Gasteiger partial charge in [-0.3, -0.25) is 4.79 Å². The Kier molecular flexibility index (Phi) is 7.35. The molecule has 0 aliphatic rings. The minimum atomic E-state index is -0.860. The lowest BCUT2D eigenvalue weighted by Gasteiger charge is -2.17. The number of hydrogen-bond donors (Lipinski definition) is 1. The maximum absolute atomic E-state index is 15.1. The molecule has 1 atom stereocenters. The summed E-state index contributed by atoms with van der Waals surface area (Å²) in [5, 5.41) is 4.95. The Morgan fingerprint density at radius 3 is 2.31 bits per heavy atom. The van der Waals surface area contributed by atoms with E-state index in [0.29, 0.717) is 15.6 Å². The van der Waals surface area contributed by atoms with Gasteiger partial charge in [0.15, 0.2) is 11.6 Å². The van der Waals surface area contributed by atoms with E-state index in [1.165, 1.54) is 25.3 Å². The summed E-state index contributed by atoms with van der Waals surface area (Å²) >= 11 is 12.6. The first-order valence-electron chi connectivity index (χ1n) is 10.6. The van der Waals surface area contributed by atoms with Crippen molar-refractivity contribution >= 4 is 23.2 Å². The van der Waals surface area contributed by atoms with Gasteiger partial charge < -0.3 is 10.5 Å². The van der Waals surface area contributed by atoms with E-state index < -0.39 is 23.1 Å². The standard InChI is InChI=1S/C25H21Cl2FN4O3/c1-35-22-12-6-11-21(23(22)28)32-24(33)20(13-16-17(26)9-5-10-18(16)27)30-31(25(32)34)14-19(29)15-7-3-2-4-8-15/h2-12,19H,13-14,29H2,1H3. The van der Waals surface area contributed by atoms with Crippen LogP contribution in [-0.2, 0) is 13.0 Å². The van der Waals surface area contributed by atoms with Crippen LogP contribution in [0, 0.1) is 5.82 Å². The molecule has 0 fully saturated rings. The van der Waals surface area contributed by atoms with Crippen molar-refractivity contribution in [2.75, 3.05) is 7.11 Å². The number of nitrogens with zero attached hydrogens (tertiary/aromatic N) is 3. The lowest BCUT2D eigenvalue weighted by Crippen LogP contribution is -2.44. The van der Waals surface area contributed by atoms with Gasteiger partial charge in [-0.2, -0.15) is 5.10 Å². The molecular formula is C25H21Cl2FN4O3. The van der Waals surface area contributed by atoms with Crippen LogP contribution in [0.5, 0.6) is 5.75 Å². The van der Waals surface area contributed by atoms with Gasteiger partial charge in [0.25, 0.3) is 5.56 Å².